The van der Waals surface area contributed by atoms with E-state index in [0.717, 1.165) is 25.9 Å². The van der Waals surface area contributed by atoms with Crippen molar-refractivity contribution in [3.8, 4) is 5.75 Å². The summed E-state index contributed by atoms with van der Waals surface area (Å²) in [5.41, 5.74) is 0. The monoisotopic (exact) mass is 323 g/mol. The van der Waals surface area contributed by atoms with E-state index >= 15 is 0 Å². The van der Waals surface area contributed by atoms with E-state index in [9.17, 15) is 9.18 Å². The SMILES string of the molecule is CC(C)CC(=O)N1CCC(OCCOc2ccc(F)cc2)CC1. The number of hydrogen-bond donors (Lipinski definition) is 0. The topological polar surface area (TPSA) is 38.8 Å². The molecule has 1 amide bonds. The molecule has 0 unspecified atom stereocenters. The lowest BCUT2D eigenvalue weighted by Crippen LogP contribution is -2.41. The molecule has 1 aliphatic heterocycles. The summed E-state index contributed by atoms with van der Waals surface area (Å²) < 4.78 is 24.1. The summed E-state index contributed by atoms with van der Waals surface area (Å²) in [6, 6.07) is 5.96. The van der Waals surface area contributed by atoms with Crippen LogP contribution in [-0.4, -0.2) is 43.2 Å². The van der Waals surface area contributed by atoms with Crippen LogP contribution in [0.3, 0.4) is 0 Å². The minimum absolute atomic E-state index is 0.190. The van der Waals surface area contributed by atoms with Crippen LogP contribution in [-0.2, 0) is 9.53 Å². The quantitative estimate of drug-likeness (QED) is 0.723. The third-order valence-corrected chi connectivity index (χ3v) is 3.90. The summed E-state index contributed by atoms with van der Waals surface area (Å²) in [7, 11) is 0. The molecule has 0 radical (unpaired) electrons. The lowest BCUT2D eigenvalue weighted by atomic mass is 10.1. The molecule has 128 valence electrons. The fraction of sp³-hybridized carbons (Fsp3) is 0.611. The number of rotatable bonds is 7. The van der Waals surface area contributed by atoms with Crippen molar-refractivity contribution in [3.63, 3.8) is 0 Å². The maximum absolute atomic E-state index is 12.8. The van der Waals surface area contributed by atoms with Gasteiger partial charge < -0.3 is 14.4 Å². The maximum atomic E-state index is 12.8. The Morgan fingerprint density at radius 3 is 2.48 bits per heavy atom. The highest BCUT2D eigenvalue weighted by atomic mass is 19.1. The molecule has 0 bridgehead atoms. The van der Waals surface area contributed by atoms with Crippen LogP contribution in [0.1, 0.15) is 33.1 Å². The largest absolute Gasteiger partial charge is 0.491 e. The van der Waals surface area contributed by atoms with E-state index in [2.05, 4.69) is 13.8 Å². The van der Waals surface area contributed by atoms with Gasteiger partial charge >= 0.3 is 0 Å². The third kappa shape index (κ3) is 6.18. The molecule has 23 heavy (non-hydrogen) atoms. The first kappa shape index (κ1) is 17.7. The standard InChI is InChI=1S/C18H26FNO3/c1-14(2)13-18(21)20-9-7-17(8-10-20)23-12-11-22-16-5-3-15(19)4-6-16/h3-6,14,17H,7-13H2,1-2H3. The van der Waals surface area contributed by atoms with E-state index in [1.54, 1.807) is 12.1 Å². The summed E-state index contributed by atoms with van der Waals surface area (Å²) in [5, 5.41) is 0. The first-order valence-corrected chi connectivity index (χ1v) is 8.32. The number of nitrogens with zero attached hydrogens (tertiary/aromatic N) is 1. The van der Waals surface area contributed by atoms with Crippen molar-refractivity contribution in [2.45, 2.75) is 39.2 Å². The number of piperidine rings is 1. The van der Waals surface area contributed by atoms with Gasteiger partial charge in [0.2, 0.25) is 5.91 Å². The predicted molar refractivity (Wildman–Crippen MR) is 86.9 cm³/mol. The number of hydrogen-bond acceptors (Lipinski definition) is 3. The van der Waals surface area contributed by atoms with Gasteiger partial charge in [-0.25, -0.2) is 4.39 Å². The Labute approximate surface area is 137 Å². The Balaban J connectivity index is 1.59. The molecule has 0 saturated carbocycles. The molecule has 1 saturated heterocycles. The summed E-state index contributed by atoms with van der Waals surface area (Å²) in [6.07, 6.45) is 2.56. The van der Waals surface area contributed by atoms with Crippen LogP contribution in [0, 0.1) is 11.7 Å². The van der Waals surface area contributed by atoms with Crippen LogP contribution >= 0.6 is 0 Å². The van der Waals surface area contributed by atoms with Gasteiger partial charge in [0.05, 0.1) is 12.7 Å². The number of halogens is 1. The van der Waals surface area contributed by atoms with Gasteiger partial charge in [-0.2, -0.15) is 0 Å². The van der Waals surface area contributed by atoms with Crippen molar-refractivity contribution in [2.24, 2.45) is 5.92 Å². The molecule has 1 aromatic carbocycles. The van der Waals surface area contributed by atoms with Crippen molar-refractivity contribution in [2.75, 3.05) is 26.3 Å². The highest BCUT2D eigenvalue weighted by Gasteiger charge is 2.23. The molecule has 0 atom stereocenters. The van der Waals surface area contributed by atoms with Crippen molar-refractivity contribution >= 4 is 5.91 Å². The zero-order chi connectivity index (χ0) is 16.7. The maximum Gasteiger partial charge on any atom is 0.222 e. The average molecular weight is 323 g/mol. The van der Waals surface area contributed by atoms with E-state index < -0.39 is 0 Å². The molecule has 1 fully saturated rings. The Morgan fingerprint density at radius 1 is 1.22 bits per heavy atom. The van der Waals surface area contributed by atoms with E-state index in [1.165, 1.54) is 12.1 Å². The zero-order valence-corrected chi connectivity index (χ0v) is 14.0. The lowest BCUT2D eigenvalue weighted by Gasteiger charge is -2.32. The first-order valence-electron chi connectivity index (χ1n) is 8.32. The predicted octanol–water partition coefficient (Wildman–Crippen LogP) is 3.26. The molecule has 4 nitrogen and oxygen atoms in total. The summed E-state index contributed by atoms with van der Waals surface area (Å²) >= 11 is 0. The summed E-state index contributed by atoms with van der Waals surface area (Å²) in [5.74, 6) is 1.02. The van der Waals surface area contributed by atoms with Crippen LogP contribution in [0.4, 0.5) is 4.39 Å². The summed E-state index contributed by atoms with van der Waals surface area (Å²) in [4.78, 5) is 13.9. The van der Waals surface area contributed by atoms with Crippen LogP contribution in [0.2, 0.25) is 0 Å². The van der Waals surface area contributed by atoms with Crippen LogP contribution in [0.25, 0.3) is 0 Å². The van der Waals surface area contributed by atoms with Gasteiger partial charge in [0.1, 0.15) is 18.2 Å². The molecule has 1 aliphatic rings. The van der Waals surface area contributed by atoms with Gasteiger partial charge in [-0.15, -0.1) is 0 Å². The van der Waals surface area contributed by atoms with E-state index in [0.29, 0.717) is 31.3 Å². The van der Waals surface area contributed by atoms with Crippen LogP contribution in [0.15, 0.2) is 24.3 Å². The highest BCUT2D eigenvalue weighted by molar-refractivity contribution is 5.76. The lowest BCUT2D eigenvalue weighted by molar-refractivity contribution is -0.134. The van der Waals surface area contributed by atoms with E-state index in [4.69, 9.17) is 9.47 Å². The fourth-order valence-electron chi connectivity index (χ4n) is 2.66. The molecular formula is C18H26FNO3. The molecule has 0 aliphatic carbocycles. The zero-order valence-electron chi connectivity index (χ0n) is 14.0. The third-order valence-electron chi connectivity index (χ3n) is 3.90. The number of carbonyl (C=O) groups excluding carboxylic acids is 1. The molecule has 1 heterocycles. The number of ether oxygens (including phenoxy) is 2. The van der Waals surface area contributed by atoms with Gasteiger partial charge in [0, 0.05) is 19.5 Å². The number of benzene rings is 1. The normalized spacial score (nSPS) is 15.9. The van der Waals surface area contributed by atoms with Crippen molar-refractivity contribution in [1.29, 1.82) is 0 Å². The molecule has 1 aromatic rings. The highest BCUT2D eigenvalue weighted by Crippen LogP contribution is 2.16. The molecule has 0 N–H and O–H groups in total. The van der Waals surface area contributed by atoms with Gasteiger partial charge in [0.15, 0.2) is 0 Å². The number of carbonyl (C=O) groups is 1. The van der Waals surface area contributed by atoms with Crippen molar-refractivity contribution < 1.29 is 18.7 Å². The molecule has 0 aromatic heterocycles. The Kier molecular flexibility index (Phi) is 6.84. The molecule has 0 spiro atoms. The minimum atomic E-state index is -0.271. The van der Waals surface area contributed by atoms with Crippen LogP contribution in [0.5, 0.6) is 5.75 Å². The number of amides is 1. The van der Waals surface area contributed by atoms with Crippen molar-refractivity contribution in [1.82, 2.24) is 4.90 Å². The fourth-order valence-corrected chi connectivity index (χ4v) is 2.66. The second-order valence-electron chi connectivity index (χ2n) is 6.35. The van der Waals surface area contributed by atoms with Gasteiger partial charge in [-0.3, -0.25) is 4.79 Å². The summed E-state index contributed by atoms with van der Waals surface area (Å²) in [6.45, 7) is 6.62. The average Bonchev–Trinajstić information content (AvgIpc) is 2.53. The molecule has 5 heteroatoms. The second-order valence-corrected chi connectivity index (χ2v) is 6.35. The van der Waals surface area contributed by atoms with Crippen molar-refractivity contribution in [3.05, 3.63) is 30.1 Å². The van der Waals surface area contributed by atoms with E-state index in [-0.39, 0.29) is 17.8 Å². The van der Waals surface area contributed by atoms with Gasteiger partial charge in [-0.05, 0) is 43.0 Å². The minimum Gasteiger partial charge on any atom is -0.491 e. The van der Waals surface area contributed by atoms with Gasteiger partial charge in [0.25, 0.3) is 0 Å². The second kappa shape index (κ2) is 8.87. The Morgan fingerprint density at radius 2 is 1.87 bits per heavy atom. The Hall–Kier alpha value is -1.62. The van der Waals surface area contributed by atoms with Gasteiger partial charge in [-0.1, -0.05) is 13.8 Å². The Bertz CT molecular complexity index is 482. The smallest absolute Gasteiger partial charge is 0.222 e. The first-order chi connectivity index (χ1) is 11.0. The molecular weight excluding hydrogens is 297 g/mol. The van der Waals surface area contributed by atoms with Crippen LogP contribution < -0.4 is 4.74 Å². The number of likely N-dealkylation sites (tertiary alicyclic amines) is 1. The van der Waals surface area contributed by atoms with E-state index in [1.807, 2.05) is 4.90 Å². The molecule has 2 rings (SSSR count).